The van der Waals surface area contributed by atoms with Gasteiger partial charge in [-0.15, -0.1) is 11.3 Å². The van der Waals surface area contributed by atoms with Crippen LogP contribution in [0.1, 0.15) is 4.88 Å². The summed E-state index contributed by atoms with van der Waals surface area (Å²) in [6, 6.07) is 3.63. The van der Waals surface area contributed by atoms with E-state index in [2.05, 4.69) is 9.97 Å². The maximum atomic E-state index is 11.0. The quantitative estimate of drug-likeness (QED) is 0.491. The molecule has 0 bridgehead atoms. The van der Waals surface area contributed by atoms with Crippen LogP contribution in [0.4, 0.5) is 11.5 Å². The van der Waals surface area contributed by atoms with E-state index in [0.717, 1.165) is 4.88 Å². The highest BCUT2D eigenvalue weighted by molar-refractivity contribution is 7.16. The Bertz CT molecular complexity index is 619. The van der Waals surface area contributed by atoms with Gasteiger partial charge in [-0.1, -0.05) is 23.2 Å². The highest BCUT2D eigenvalue weighted by Gasteiger charge is 2.24. The van der Waals surface area contributed by atoms with Crippen LogP contribution in [-0.2, 0) is 6.54 Å². The van der Waals surface area contributed by atoms with E-state index in [1.165, 1.54) is 17.7 Å². The Labute approximate surface area is 122 Å². The van der Waals surface area contributed by atoms with Crippen LogP contribution in [0.2, 0.25) is 9.49 Å². The molecule has 2 aromatic heterocycles. The summed E-state index contributed by atoms with van der Waals surface area (Å²) < 4.78 is 0.665. The van der Waals surface area contributed by atoms with Gasteiger partial charge in [-0.05, 0) is 12.1 Å². The molecule has 0 aliphatic heterocycles. The summed E-state index contributed by atoms with van der Waals surface area (Å²) in [6.07, 6.45) is 1.20. The van der Waals surface area contributed by atoms with Crippen LogP contribution in [-0.4, -0.2) is 21.9 Å². The maximum absolute atomic E-state index is 11.0. The van der Waals surface area contributed by atoms with E-state index >= 15 is 0 Å². The maximum Gasteiger partial charge on any atom is 0.348 e. The lowest BCUT2D eigenvalue weighted by molar-refractivity contribution is -0.384. The summed E-state index contributed by atoms with van der Waals surface area (Å²) >= 11 is 13.0. The minimum Gasteiger partial charge on any atom is -0.349 e. The molecule has 0 aliphatic rings. The van der Waals surface area contributed by atoms with E-state index in [0.29, 0.717) is 10.9 Å². The van der Waals surface area contributed by atoms with E-state index in [1.54, 1.807) is 18.0 Å². The Hall–Kier alpha value is -1.44. The van der Waals surface area contributed by atoms with Gasteiger partial charge in [-0.3, -0.25) is 10.1 Å². The number of hydrogen-bond acceptors (Lipinski definition) is 6. The van der Waals surface area contributed by atoms with Crippen LogP contribution in [0.25, 0.3) is 0 Å². The zero-order chi connectivity index (χ0) is 14.0. The van der Waals surface area contributed by atoms with Crippen molar-refractivity contribution in [2.75, 3.05) is 11.9 Å². The van der Waals surface area contributed by atoms with E-state index in [1.807, 2.05) is 6.07 Å². The fraction of sp³-hybridized carbons (Fsp3) is 0.200. The molecular formula is C10H8Cl2N4O2S. The first-order chi connectivity index (χ1) is 8.99. The average Bonchev–Trinajstić information content (AvgIpc) is 2.73. The number of aromatic nitrogens is 2. The molecule has 100 valence electrons. The highest BCUT2D eigenvalue weighted by atomic mass is 35.5. The molecule has 0 aliphatic carbocycles. The molecule has 2 heterocycles. The highest BCUT2D eigenvalue weighted by Crippen LogP contribution is 2.32. The lowest BCUT2D eigenvalue weighted by Crippen LogP contribution is -2.18. The molecule has 0 saturated carbocycles. The molecule has 0 amide bonds. The molecule has 9 heteroatoms. The molecule has 2 rings (SSSR count). The van der Waals surface area contributed by atoms with Gasteiger partial charge in [0.25, 0.3) is 0 Å². The second-order valence-electron chi connectivity index (χ2n) is 3.66. The normalized spacial score (nSPS) is 10.5. The molecule has 0 radical (unpaired) electrons. The largest absolute Gasteiger partial charge is 0.349 e. The lowest BCUT2D eigenvalue weighted by atomic mass is 10.4. The van der Waals surface area contributed by atoms with Crippen LogP contribution in [0, 0.1) is 10.1 Å². The Morgan fingerprint density at radius 1 is 1.42 bits per heavy atom. The Balaban J connectivity index is 2.31. The van der Waals surface area contributed by atoms with Crippen molar-refractivity contribution in [3.8, 4) is 0 Å². The summed E-state index contributed by atoms with van der Waals surface area (Å²) in [7, 11) is 1.69. The molecule has 0 N–H and O–H groups in total. The standard InChI is InChI=1S/C10H8Cl2N4O2S/c1-15(4-6-2-3-7(11)19-6)10-8(16(17)18)9(12)13-5-14-10/h2-3,5H,4H2,1H3. The van der Waals surface area contributed by atoms with Crippen LogP contribution in [0.15, 0.2) is 18.5 Å². The van der Waals surface area contributed by atoms with Crippen LogP contribution in [0.5, 0.6) is 0 Å². The molecule has 0 aromatic carbocycles. The minimum absolute atomic E-state index is 0.175. The molecule has 0 saturated heterocycles. The summed E-state index contributed by atoms with van der Waals surface area (Å²) in [4.78, 5) is 20.6. The summed E-state index contributed by atoms with van der Waals surface area (Å²) in [6.45, 7) is 0.450. The van der Waals surface area contributed by atoms with Gasteiger partial charge in [0.15, 0.2) is 0 Å². The van der Waals surface area contributed by atoms with Gasteiger partial charge in [0, 0.05) is 11.9 Å². The van der Waals surface area contributed by atoms with Crippen molar-refractivity contribution in [1.29, 1.82) is 0 Å². The topological polar surface area (TPSA) is 72.2 Å². The van der Waals surface area contributed by atoms with E-state index in [9.17, 15) is 10.1 Å². The molecule has 19 heavy (non-hydrogen) atoms. The Morgan fingerprint density at radius 3 is 2.74 bits per heavy atom. The first-order valence-corrected chi connectivity index (χ1v) is 6.66. The zero-order valence-electron chi connectivity index (χ0n) is 9.71. The first kappa shape index (κ1) is 14.0. The number of anilines is 1. The van der Waals surface area contributed by atoms with E-state index in [4.69, 9.17) is 23.2 Å². The molecule has 6 nitrogen and oxygen atoms in total. The number of nitrogens with zero attached hydrogens (tertiary/aromatic N) is 4. The summed E-state index contributed by atoms with van der Waals surface area (Å²) in [5.74, 6) is 0.175. The molecule has 0 unspecified atom stereocenters. The van der Waals surface area contributed by atoms with Crippen molar-refractivity contribution in [3.63, 3.8) is 0 Å². The van der Waals surface area contributed by atoms with Crippen molar-refractivity contribution in [1.82, 2.24) is 9.97 Å². The monoisotopic (exact) mass is 318 g/mol. The molecule has 0 spiro atoms. The van der Waals surface area contributed by atoms with E-state index < -0.39 is 4.92 Å². The second kappa shape index (κ2) is 5.68. The predicted octanol–water partition coefficient (Wildman–Crippen LogP) is 3.39. The van der Waals surface area contributed by atoms with Gasteiger partial charge in [0.1, 0.15) is 6.33 Å². The smallest absolute Gasteiger partial charge is 0.348 e. The van der Waals surface area contributed by atoms with Gasteiger partial charge in [0.05, 0.1) is 15.8 Å². The van der Waals surface area contributed by atoms with Gasteiger partial charge >= 0.3 is 5.69 Å². The predicted molar refractivity (Wildman–Crippen MR) is 75.1 cm³/mol. The SMILES string of the molecule is CN(Cc1ccc(Cl)s1)c1ncnc(Cl)c1[N+](=O)[O-]. The number of halogens is 2. The average molecular weight is 319 g/mol. The molecule has 2 aromatic rings. The third-order valence-corrected chi connectivity index (χ3v) is 3.82. The third-order valence-electron chi connectivity index (χ3n) is 2.32. The van der Waals surface area contributed by atoms with Crippen molar-refractivity contribution in [2.45, 2.75) is 6.54 Å². The Kier molecular flexibility index (Phi) is 4.18. The number of hydrogen-bond donors (Lipinski definition) is 0. The van der Waals surface area contributed by atoms with Crippen molar-refractivity contribution < 1.29 is 4.92 Å². The second-order valence-corrected chi connectivity index (χ2v) is 5.81. The lowest BCUT2D eigenvalue weighted by Gasteiger charge is -2.16. The fourth-order valence-electron chi connectivity index (χ4n) is 1.53. The number of nitro groups is 1. The number of thiophene rings is 1. The van der Waals surface area contributed by atoms with Crippen molar-refractivity contribution >= 4 is 46.0 Å². The first-order valence-electron chi connectivity index (χ1n) is 5.09. The van der Waals surface area contributed by atoms with Crippen LogP contribution in [0.3, 0.4) is 0 Å². The van der Waals surface area contributed by atoms with Gasteiger partial charge in [-0.25, -0.2) is 9.97 Å². The summed E-state index contributed by atoms with van der Waals surface area (Å²) in [5, 5.41) is 10.8. The van der Waals surface area contributed by atoms with E-state index in [-0.39, 0.29) is 16.7 Å². The number of rotatable bonds is 4. The van der Waals surface area contributed by atoms with Crippen molar-refractivity contribution in [2.24, 2.45) is 0 Å². The van der Waals surface area contributed by atoms with Crippen LogP contribution < -0.4 is 4.90 Å². The minimum atomic E-state index is -0.588. The van der Waals surface area contributed by atoms with Gasteiger partial charge in [-0.2, -0.15) is 0 Å². The molecule has 0 atom stereocenters. The fourth-order valence-corrected chi connectivity index (χ4v) is 2.87. The third kappa shape index (κ3) is 3.12. The Morgan fingerprint density at radius 2 is 2.16 bits per heavy atom. The van der Waals surface area contributed by atoms with Crippen molar-refractivity contribution in [3.05, 3.63) is 42.9 Å². The zero-order valence-corrected chi connectivity index (χ0v) is 12.0. The van der Waals surface area contributed by atoms with Crippen LogP contribution >= 0.6 is 34.5 Å². The van der Waals surface area contributed by atoms with Gasteiger partial charge in [0.2, 0.25) is 11.0 Å². The molecular weight excluding hydrogens is 311 g/mol. The van der Waals surface area contributed by atoms with Gasteiger partial charge < -0.3 is 4.90 Å². The molecule has 0 fully saturated rings. The summed E-state index contributed by atoms with van der Waals surface area (Å²) in [5.41, 5.74) is -0.297.